The Morgan fingerprint density at radius 1 is 0.518 bits per heavy atom. The molecule has 0 aromatic heterocycles. The van der Waals surface area contributed by atoms with Gasteiger partial charge in [-0.15, -0.1) is 0 Å². The van der Waals surface area contributed by atoms with Crippen LogP contribution in [-0.4, -0.2) is 80.1 Å². The summed E-state index contributed by atoms with van der Waals surface area (Å²) in [6, 6.07) is 0. The van der Waals surface area contributed by atoms with Crippen LogP contribution in [0.25, 0.3) is 0 Å². The van der Waals surface area contributed by atoms with E-state index in [0.717, 1.165) is 71.0 Å². The van der Waals surface area contributed by atoms with Gasteiger partial charge < -0.3 is 19.3 Å². The van der Waals surface area contributed by atoms with E-state index in [0.29, 0.717) is 32.0 Å². The van der Waals surface area contributed by atoms with Gasteiger partial charge in [-0.2, -0.15) is 0 Å². The summed E-state index contributed by atoms with van der Waals surface area (Å²) in [5.41, 5.74) is 0. The number of Topliss-reactive ketones (excluding diaryl/α,β-unsaturated/α-hetero) is 1. The highest BCUT2D eigenvalue weighted by atomic mass is 16.5. The summed E-state index contributed by atoms with van der Waals surface area (Å²) < 4.78 is 12.1. The number of ketones is 1. The Morgan fingerprint density at radius 3 is 1.50 bits per heavy atom. The lowest BCUT2D eigenvalue weighted by atomic mass is 9.95. The molecule has 0 aromatic carbocycles. The van der Waals surface area contributed by atoms with Crippen molar-refractivity contribution in [1.29, 1.82) is 0 Å². The van der Waals surface area contributed by atoms with Gasteiger partial charge in [0.2, 0.25) is 0 Å². The average molecular weight is 791 g/mol. The molecule has 2 atom stereocenters. The van der Waals surface area contributed by atoms with E-state index in [1.807, 2.05) is 0 Å². The molecule has 332 valence electrons. The molecule has 0 aliphatic carbocycles. The molecule has 0 aromatic rings. The van der Waals surface area contributed by atoms with E-state index in [1.165, 1.54) is 174 Å². The smallest absolute Gasteiger partial charge is 0.305 e. The van der Waals surface area contributed by atoms with E-state index in [-0.39, 0.29) is 17.9 Å². The Hall–Kier alpha value is -0.980. The highest BCUT2D eigenvalue weighted by Gasteiger charge is 2.16. The molecule has 1 heterocycles. The van der Waals surface area contributed by atoms with Gasteiger partial charge >= 0.3 is 5.97 Å². The zero-order valence-electron chi connectivity index (χ0n) is 38.4. The lowest BCUT2D eigenvalue weighted by Crippen LogP contribution is -2.35. The number of esters is 1. The van der Waals surface area contributed by atoms with Gasteiger partial charge in [0, 0.05) is 25.9 Å². The predicted molar refractivity (Wildman–Crippen MR) is 242 cm³/mol. The molecule has 6 heteroatoms. The zero-order valence-corrected chi connectivity index (χ0v) is 38.4. The first kappa shape index (κ1) is 53.0. The molecule has 1 rings (SSSR count). The molecule has 2 unspecified atom stereocenters. The van der Waals surface area contributed by atoms with Crippen LogP contribution in [0.3, 0.4) is 0 Å². The van der Waals surface area contributed by atoms with Gasteiger partial charge in [-0.05, 0) is 96.3 Å². The minimum Gasteiger partial charge on any atom is -0.465 e. The Balaban J connectivity index is 2.36. The summed E-state index contributed by atoms with van der Waals surface area (Å²) in [5.74, 6) is 0.837. The number of nitrogens with zero attached hydrogens (tertiary/aromatic N) is 2. The number of unbranched alkanes of at least 4 members (excludes halogenated alkanes) is 20. The third-order valence-electron chi connectivity index (χ3n) is 12.4. The Kier molecular flexibility index (Phi) is 38.6. The molecule has 1 aliphatic heterocycles. The Labute approximate surface area is 350 Å². The molecule has 0 saturated carbocycles. The maximum Gasteiger partial charge on any atom is 0.305 e. The molecule has 1 saturated heterocycles. The monoisotopic (exact) mass is 791 g/mol. The quantitative estimate of drug-likeness (QED) is 0.0452. The Morgan fingerprint density at radius 2 is 0.964 bits per heavy atom. The summed E-state index contributed by atoms with van der Waals surface area (Å²) in [6.07, 6.45) is 41.2. The predicted octanol–water partition coefficient (Wildman–Crippen LogP) is 14.1. The van der Waals surface area contributed by atoms with Gasteiger partial charge in [0.15, 0.2) is 5.78 Å². The normalized spacial score (nSPS) is 14.5. The van der Waals surface area contributed by atoms with E-state index in [9.17, 15) is 9.59 Å². The first-order valence-corrected chi connectivity index (χ1v) is 25.3. The van der Waals surface area contributed by atoms with E-state index in [2.05, 4.69) is 37.5 Å². The number of carbonyl (C=O) groups excluding carboxylic acids is 2. The molecule has 6 nitrogen and oxygen atoms in total. The van der Waals surface area contributed by atoms with Crippen LogP contribution >= 0.6 is 0 Å². The second-order valence-electron chi connectivity index (χ2n) is 17.8. The van der Waals surface area contributed by atoms with Crippen LogP contribution in [0.4, 0.5) is 0 Å². The van der Waals surface area contributed by atoms with Gasteiger partial charge in [-0.25, -0.2) is 0 Å². The fraction of sp³-hybridized carbons (Fsp3) is 0.960. The lowest BCUT2D eigenvalue weighted by Gasteiger charge is -2.25. The van der Waals surface area contributed by atoms with E-state index in [1.54, 1.807) is 0 Å². The van der Waals surface area contributed by atoms with Crippen molar-refractivity contribution in [2.45, 2.75) is 252 Å². The molecule has 0 radical (unpaired) electrons. The molecular weight excluding hydrogens is 693 g/mol. The van der Waals surface area contributed by atoms with Crippen molar-refractivity contribution in [3.8, 4) is 0 Å². The van der Waals surface area contributed by atoms with E-state index >= 15 is 0 Å². The average Bonchev–Trinajstić information content (AvgIpc) is 3.73. The number of carbonyl (C=O) groups is 2. The van der Waals surface area contributed by atoms with Crippen LogP contribution in [-0.2, 0) is 19.1 Å². The second-order valence-corrected chi connectivity index (χ2v) is 17.8. The number of rotatable bonds is 44. The molecule has 0 N–H and O–H groups in total. The fourth-order valence-corrected chi connectivity index (χ4v) is 8.45. The molecule has 0 bridgehead atoms. The summed E-state index contributed by atoms with van der Waals surface area (Å²) in [5, 5.41) is 0. The van der Waals surface area contributed by atoms with Crippen molar-refractivity contribution in [3.05, 3.63) is 0 Å². The van der Waals surface area contributed by atoms with Crippen LogP contribution in [0.15, 0.2) is 0 Å². The highest BCUT2D eigenvalue weighted by Crippen LogP contribution is 2.21. The zero-order chi connectivity index (χ0) is 40.6. The van der Waals surface area contributed by atoms with Gasteiger partial charge in [0.25, 0.3) is 0 Å². The van der Waals surface area contributed by atoms with Gasteiger partial charge in [-0.1, -0.05) is 169 Å². The number of hydrogen-bond donors (Lipinski definition) is 0. The van der Waals surface area contributed by atoms with Gasteiger partial charge in [-0.3, -0.25) is 9.59 Å². The maximum absolute atomic E-state index is 12.8. The van der Waals surface area contributed by atoms with Crippen molar-refractivity contribution in [2.75, 3.05) is 52.5 Å². The summed E-state index contributed by atoms with van der Waals surface area (Å²) in [6.45, 7) is 17.0. The molecule has 0 spiro atoms. The second kappa shape index (κ2) is 40.8. The molecular formula is C50H98N2O4. The van der Waals surface area contributed by atoms with Crippen molar-refractivity contribution in [1.82, 2.24) is 9.80 Å². The van der Waals surface area contributed by atoms with Crippen LogP contribution in [0.5, 0.6) is 0 Å². The van der Waals surface area contributed by atoms with E-state index in [4.69, 9.17) is 9.47 Å². The first-order valence-electron chi connectivity index (χ1n) is 25.3. The molecule has 1 aliphatic rings. The summed E-state index contributed by atoms with van der Waals surface area (Å²) >= 11 is 0. The van der Waals surface area contributed by atoms with Crippen molar-refractivity contribution >= 4 is 11.8 Å². The number of likely N-dealkylation sites (tertiary alicyclic amines) is 1. The number of ether oxygens (including phenoxy) is 2. The van der Waals surface area contributed by atoms with Gasteiger partial charge in [0.1, 0.15) is 6.61 Å². The molecule has 1 fully saturated rings. The summed E-state index contributed by atoms with van der Waals surface area (Å²) in [7, 11) is 0. The first-order chi connectivity index (χ1) is 27.5. The Bertz CT molecular complexity index is 789. The van der Waals surface area contributed by atoms with Crippen molar-refractivity contribution in [2.24, 2.45) is 5.92 Å². The van der Waals surface area contributed by atoms with Crippen LogP contribution in [0.1, 0.15) is 246 Å². The lowest BCUT2D eigenvalue weighted by molar-refractivity contribution is -0.145. The van der Waals surface area contributed by atoms with Crippen LogP contribution < -0.4 is 0 Å². The topological polar surface area (TPSA) is 59.1 Å². The minimum atomic E-state index is 0.0117. The summed E-state index contributed by atoms with van der Waals surface area (Å²) in [4.78, 5) is 30.8. The fourth-order valence-electron chi connectivity index (χ4n) is 8.45. The van der Waals surface area contributed by atoms with Crippen molar-refractivity contribution < 1.29 is 19.1 Å². The third-order valence-corrected chi connectivity index (χ3v) is 12.4. The minimum absolute atomic E-state index is 0.0117. The van der Waals surface area contributed by atoms with Crippen LogP contribution in [0.2, 0.25) is 0 Å². The van der Waals surface area contributed by atoms with Gasteiger partial charge in [0.05, 0.1) is 12.7 Å². The maximum atomic E-state index is 12.8. The number of hydrogen-bond acceptors (Lipinski definition) is 6. The standard InChI is InChI=1S/C50H98N2O4/c1-5-9-13-17-19-24-34-47(33-23-15-11-7-3)45-56-50(54)38-28-22-30-40-51(43-44-52-41-31-32-42-52)39-29-21-25-35-48(53)46-55-49(36-26-16-12-8-4)37-27-20-18-14-10-6-2/h47,49H,5-46H2,1-4H3. The van der Waals surface area contributed by atoms with Crippen molar-refractivity contribution in [3.63, 3.8) is 0 Å². The SMILES string of the molecule is CCCCCCCCC(CCCCCC)COC(=O)CCCCCN(CCCCCC(=O)COC(CCCCCC)CCCCCCCC)CCN1CCCC1. The largest absolute Gasteiger partial charge is 0.465 e. The third kappa shape index (κ3) is 33.9. The molecule has 56 heavy (non-hydrogen) atoms. The highest BCUT2D eigenvalue weighted by molar-refractivity contribution is 5.79. The molecule has 0 amide bonds. The van der Waals surface area contributed by atoms with E-state index < -0.39 is 0 Å². The van der Waals surface area contributed by atoms with Crippen LogP contribution in [0, 0.1) is 5.92 Å².